The van der Waals surface area contributed by atoms with Gasteiger partial charge >= 0.3 is 6.09 Å². The molecule has 0 unspecified atom stereocenters. The highest BCUT2D eigenvalue weighted by atomic mass is 35.5. The number of aromatic nitrogens is 3. The summed E-state index contributed by atoms with van der Waals surface area (Å²) in [6, 6.07) is 35.1. The van der Waals surface area contributed by atoms with Crippen molar-refractivity contribution < 1.29 is 9.53 Å². The maximum Gasteiger partial charge on any atom is 0.413 e. The number of nitrogens with zero attached hydrogens (tertiary/aromatic N) is 4. The first-order valence-electron chi connectivity index (χ1n) is 15.1. The normalized spacial score (nSPS) is 14.7. The summed E-state index contributed by atoms with van der Waals surface area (Å²) in [7, 11) is 0. The highest BCUT2D eigenvalue weighted by Crippen LogP contribution is 2.42. The molecule has 0 bridgehead atoms. The number of halogens is 1. The minimum atomic E-state index is -0.508. The van der Waals surface area contributed by atoms with Gasteiger partial charge in [-0.25, -0.2) is 9.78 Å². The fraction of sp³-hybridized carbons (Fsp3) is 0.250. The summed E-state index contributed by atoms with van der Waals surface area (Å²) in [5.41, 5.74) is 5.35. The number of hydrogen-bond acceptors (Lipinski definition) is 5. The average molecular weight is 606 g/mol. The fourth-order valence-electron chi connectivity index (χ4n) is 6.06. The van der Waals surface area contributed by atoms with Crippen LogP contribution in [0.2, 0.25) is 5.02 Å². The molecule has 0 spiro atoms. The second kappa shape index (κ2) is 13.9. The van der Waals surface area contributed by atoms with Crippen molar-refractivity contribution in [2.24, 2.45) is 0 Å². The molecule has 0 aliphatic carbocycles. The Kier molecular flexibility index (Phi) is 9.34. The van der Waals surface area contributed by atoms with Crippen LogP contribution >= 0.6 is 11.6 Å². The van der Waals surface area contributed by atoms with Gasteiger partial charge in [0.25, 0.3) is 0 Å². The summed E-state index contributed by atoms with van der Waals surface area (Å²) in [6.45, 7) is 3.30. The molecule has 1 N–H and O–H groups in total. The Balaban J connectivity index is 1.18. The van der Waals surface area contributed by atoms with Crippen LogP contribution in [-0.2, 0) is 24.9 Å². The second-order valence-electron chi connectivity index (χ2n) is 11.2. The molecule has 2 aromatic heterocycles. The van der Waals surface area contributed by atoms with Crippen LogP contribution in [0, 0.1) is 0 Å². The molecule has 1 aliphatic rings. The topological polar surface area (TPSA) is 72.3 Å². The zero-order chi connectivity index (χ0) is 30.2. The highest BCUT2D eigenvalue weighted by Gasteiger charge is 2.38. The molecule has 1 saturated heterocycles. The van der Waals surface area contributed by atoms with Crippen LogP contribution in [0.3, 0.4) is 0 Å². The number of carbonyl (C=O) groups excluding carboxylic acids is 1. The Morgan fingerprint density at radius 2 is 1.48 bits per heavy atom. The molecule has 3 aromatic carbocycles. The van der Waals surface area contributed by atoms with E-state index in [2.05, 4.69) is 75.9 Å². The number of amides is 1. The van der Waals surface area contributed by atoms with Crippen molar-refractivity contribution in [1.82, 2.24) is 24.8 Å². The van der Waals surface area contributed by atoms with Crippen molar-refractivity contribution in [3.8, 4) is 5.88 Å². The Morgan fingerprint density at radius 3 is 2.11 bits per heavy atom. The number of piperidine rings is 1. The first-order chi connectivity index (χ1) is 21.6. The summed E-state index contributed by atoms with van der Waals surface area (Å²) in [6.07, 6.45) is 5.58. The first kappa shape index (κ1) is 29.6. The molecular weight excluding hydrogens is 570 g/mol. The minimum Gasteiger partial charge on any atom is -0.391 e. The van der Waals surface area contributed by atoms with Gasteiger partial charge in [-0.15, -0.1) is 0 Å². The molecule has 1 amide bonds. The lowest BCUT2D eigenvalue weighted by molar-refractivity contribution is 0.167. The average Bonchev–Trinajstić information content (AvgIpc) is 3.43. The van der Waals surface area contributed by atoms with Crippen molar-refractivity contribution in [2.75, 3.05) is 19.6 Å². The third-order valence-electron chi connectivity index (χ3n) is 8.43. The van der Waals surface area contributed by atoms with Crippen molar-refractivity contribution in [1.29, 1.82) is 0 Å². The van der Waals surface area contributed by atoms with Crippen LogP contribution in [-0.4, -0.2) is 45.2 Å². The number of benzene rings is 3. The molecule has 44 heavy (non-hydrogen) atoms. The molecule has 8 heteroatoms. The monoisotopic (exact) mass is 605 g/mol. The Labute approximate surface area is 263 Å². The Morgan fingerprint density at radius 1 is 0.818 bits per heavy atom. The molecular formula is C36H36ClN5O2. The van der Waals surface area contributed by atoms with Gasteiger partial charge in [-0.05, 0) is 66.9 Å². The molecule has 1 fully saturated rings. The lowest BCUT2D eigenvalue weighted by Gasteiger charge is -2.42. The fourth-order valence-corrected chi connectivity index (χ4v) is 6.19. The maximum atomic E-state index is 13.0. The largest absolute Gasteiger partial charge is 0.413 e. The van der Waals surface area contributed by atoms with Crippen molar-refractivity contribution in [3.05, 3.63) is 149 Å². The molecule has 0 saturated carbocycles. The van der Waals surface area contributed by atoms with Crippen LogP contribution in [0.25, 0.3) is 0 Å². The second-order valence-corrected chi connectivity index (χ2v) is 11.7. The van der Waals surface area contributed by atoms with E-state index in [9.17, 15) is 4.79 Å². The maximum absolute atomic E-state index is 13.0. The first-order valence-corrected chi connectivity index (χ1v) is 15.4. The van der Waals surface area contributed by atoms with E-state index in [-0.39, 0.29) is 5.41 Å². The van der Waals surface area contributed by atoms with E-state index in [1.165, 1.54) is 11.1 Å². The lowest BCUT2D eigenvalue weighted by atomic mass is 9.68. The van der Waals surface area contributed by atoms with Crippen LogP contribution in [0.5, 0.6) is 5.88 Å². The zero-order valence-corrected chi connectivity index (χ0v) is 25.4. The standard InChI is InChI=1S/C36H36ClN5O2/c37-31-16-14-28(15-17-31)25-42-27-40-33(34(42)44-35(43)39-22-18-32-13-7-8-21-38-32)26-41-23-19-36(20-24-41,29-9-3-1-4-10-29)30-11-5-2-6-12-30/h1-17,21,27H,18-20,22-26H2,(H,39,43). The summed E-state index contributed by atoms with van der Waals surface area (Å²) < 4.78 is 7.84. The number of ether oxygens (including phenoxy) is 1. The van der Waals surface area contributed by atoms with Gasteiger partial charge in [0.05, 0.1) is 12.9 Å². The van der Waals surface area contributed by atoms with Gasteiger partial charge in [-0.3, -0.25) is 14.5 Å². The number of rotatable bonds is 10. The molecule has 0 atom stereocenters. The molecule has 5 aromatic rings. The molecule has 224 valence electrons. The van der Waals surface area contributed by atoms with Crippen molar-refractivity contribution >= 4 is 17.7 Å². The Hall–Kier alpha value is -4.46. The number of carbonyl (C=O) groups is 1. The van der Waals surface area contributed by atoms with Gasteiger partial charge < -0.3 is 10.1 Å². The summed E-state index contributed by atoms with van der Waals surface area (Å²) in [5, 5.41) is 3.55. The SMILES string of the molecule is O=C(NCCc1ccccn1)Oc1c(CN2CCC(c3ccccc3)(c3ccccc3)CC2)ncn1Cc1ccc(Cl)cc1. The molecule has 3 heterocycles. The van der Waals surface area contributed by atoms with Gasteiger partial charge in [-0.1, -0.05) is 90.5 Å². The van der Waals surface area contributed by atoms with Crippen LogP contribution in [0.4, 0.5) is 4.79 Å². The van der Waals surface area contributed by atoms with Gasteiger partial charge in [0.1, 0.15) is 5.69 Å². The number of likely N-dealkylation sites (tertiary alicyclic amines) is 1. The zero-order valence-electron chi connectivity index (χ0n) is 24.6. The van der Waals surface area contributed by atoms with Gasteiger partial charge in [0.15, 0.2) is 0 Å². The summed E-state index contributed by atoms with van der Waals surface area (Å²) in [4.78, 5) is 24.4. The third-order valence-corrected chi connectivity index (χ3v) is 8.68. The quantitative estimate of drug-likeness (QED) is 0.188. The van der Waals surface area contributed by atoms with Gasteiger partial charge in [0.2, 0.25) is 5.88 Å². The van der Waals surface area contributed by atoms with E-state index in [1.807, 2.05) is 47.0 Å². The van der Waals surface area contributed by atoms with Crippen LogP contribution < -0.4 is 10.1 Å². The van der Waals surface area contributed by atoms with E-state index < -0.39 is 6.09 Å². The number of nitrogens with one attached hydrogen (secondary N) is 1. The minimum absolute atomic E-state index is 0.0419. The van der Waals surface area contributed by atoms with Gasteiger partial charge in [0, 0.05) is 41.8 Å². The molecule has 0 radical (unpaired) electrons. The predicted octanol–water partition coefficient (Wildman–Crippen LogP) is 6.89. The van der Waals surface area contributed by atoms with Gasteiger partial charge in [-0.2, -0.15) is 0 Å². The Bertz CT molecular complexity index is 1590. The highest BCUT2D eigenvalue weighted by molar-refractivity contribution is 6.30. The van der Waals surface area contributed by atoms with Crippen molar-refractivity contribution in [3.63, 3.8) is 0 Å². The predicted molar refractivity (Wildman–Crippen MR) is 173 cm³/mol. The van der Waals surface area contributed by atoms with E-state index in [1.54, 1.807) is 12.5 Å². The summed E-state index contributed by atoms with van der Waals surface area (Å²) in [5.74, 6) is 0.457. The number of imidazole rings is 1. The molecule has 7 nitrogen and oxygen atoms in total. The van der Waals surface area contributed by atoms with Crippen LogP contribution in [0.15, 0.2) is 116 Å². The number of pyridine rings is 1. The summed E-state index contributed by atoms with van der Waals surface area (Å²) >= 11 is 6.11. The molecule has 1 aliphatic heterocycles. The van der Waals surface area contributed by atoms with E-state index in [0.717, 1.165) is 42.9 Å². The molecule has 6 rings (SSSR count). The van der Waals surface area contributed by atoms with E-state index in [4.69, 9.17) is 21.3 Å². The third kappa shape index (κ3) is 7.01. The van der Waals surface area contributed by atoms with E-state index in [0.29, 0.717) is 37.0 Å². The lowest BCUT2D eigenvalue weighted by Crippen LogP contribution is -2.43. The smallest absolute Gasteiger partial charge is 0.391 e. The van der Waals surface area contributed by atoms with Crippen LogP contribution in [0.1, 0.15) is 40.9 Å². The number of hydrogen-bond donors (Lipinski definition) is 1. The van der Waals surface area contributed by atoms with E-state index >= 15 is 0 Å². The van der Waals surface area contributed by atoms with Crippen molar-refractivity contribution in [2.45, 2.75) is 37.8 Å².